The monoisotopic (exact) mass is 486 g/mol. The van der Waals surface area contributed by atoms with Crippen LogP contribution in [0.1, 0.15) is 22.6 Å². The molecule has 0 bridgehead atoms. The summed E-state index contributed by atoms with van der Waals surface area (Å²) in [5.74, 6) is -0.451. The summed E-state index contributed by atoms with van der Waals surface area (Å²) >= 11 is 0. The van der Waals surface area contributed by atoms with Gasteiger partial charge in [0.1, 0.15) is 10.5 Å². The molecule has 0 heterocycles. The molecule has 0 aliphatic heterocycles. The van der Waals surface area contributed by atoms with Crippen LogP contribution in [-0.2, 0) is 21.2 Å². The molecule has 0 saturated heterocycles. The van der Waals surface area contributed by atoms with Gasteiger partial charge >= 0.3 is 0 Å². The fraction of sp³-hybridized carbons (Fsp3) is 0.280. The van der Waals surface area contributed by atoms with Gasteiger partial charge in [0.2, 0.25) is 10.0 Å². The average Bonchev–Trinajstić information content (AvgIpc) is 2.83. The third kappa shape index (κ3) is 4.60. The molecule has 0 amide bonds. The molecule has 3 atom stereocenters. The van der Waals surface area contributed by atoms with Gasteiger partial charge < -0.3 is 25.4 Å². The van der Waals surface area contributed by atoms with Gasteiger partial charge in [0, 0.05) is 18.0 Å². The molecule has 3 rings (SSSR count). The minimum atomic E-state index is -4.58. The van der Waals surface area contributed by atoms with Crippen LogP contribution < -0.4 is 20.3 Å². The summed E-state index contributed by atoms with van der Waals surface area (Å²) in [5, 5.41) is 27.9. The Balaban J connectivity index is 2.42. The predicted molar refractivity (Wildman–Crippen MR) is 130 cm³/mol. The number of primary sulfonamides is 1. The van der Waals surface area contributed by atoms with E-state index in [1.54, 1.807) is 30.3 Å². The minimum Gasteiger partial charge on any atom is -0.508 e. The van der Waals surface area contributed by atoms with Crippen molar-refractivity contribution in [3.63, 3.8) is 0 Å². The number of aromatic hydroxyl groups is 1. The van der Waals surface area contributed by atoms with Gasteiger partial charge in [-0.15, -0.1) is 0 Å². The summed E-state index contributed by atoms with van der Waals surface area (Å²) in [7, 11) is -1.61. The number of hydrogen-bond donors (Lipinski definition) is 4. The Morgan fingerprint density at radius 2 is 1.56 bits per heavy atom. The number of phenols is 1. The standard InChI is InChI=1S/C25H30N2O6S/c1-32-22-13-12-18(15-23(22)33-2)20(14-17-8-4-3-5-9-17)25(24(29)16-26,34(27,30)31)19-10-6-7-11-21(19)28/h3-13,15,20,24,28-29H,14,16,26H2,1-2H3,(H2,27,30,31). The molecule has 8 nitrogen and oxygen atoms in total. The zero-order chi connectivity index (χ0) is 24.9. The van der Waals surface area contributed by atoms with Gasteiger partial charge in [0.15, 0.2) is 11.5 Å². The first kappa shape index (κ1) is 25.5. The third-order valence-electron chi connectivity index (χ3n) is 6.12. The molecule has 0 saturated carbocycles. The van der Waals surface area contributed by atoms with Crippen molar-refractivity contribution >= 4 is 10.0 Å². The Morgan fingerprint density at radius 3 is 2.12 bits per heavy atom. The van der Waals surface area contributed by atoms with E-state index in [2.05, 4.69) is 0 Å². The fourth-order valence-corrected chi connectivity index (χ4v) is 6.13. The molecule has 3 aromatic rings. The molecular weight excluding hydrogens is 456 g/mol. The Labute approximate surface area is 199 Å². The summed E-state index contributed by atoms with van der Waals surface area (Å²) in [6, 6.07) is 20.1. The summed E-state index contributed by atoms with van der Waals surface area (Å²) in [6.07, 6.45) is -1.48. The maximum atomic E-state index is 13.5. The number of rotatable bonds is 10. The number of aliphatic hydroxyl groups is 1. The van der Waals surface area contributed by atoms with Gasteiger partial charge in [-0.2, -0.15) is 0 Å². The van der Waals surface area contributed by atoms with Crippen LogP contribution in [0.25, 0.3) is 0 Å². The normalized spacial score (nSPS) is 15.2. The van der Waals surface area contributed by atoms with Gasteiger partial charge in [-0.3, -0.25) is 0 Å². The van der Waals surface area contributed by atoms with E-state index in [4.69, 9.17) is 20.3 Å². The lowest BCUT2D eigenvalue weighted by Gasteiger charge is -2.43. The highest BCUT2D eigenvalue weighted by Crippen LogP contribution is 2.50. The van der Waals surface area contributed by atoms with E-state index < -0.39 is 33.3 Å². The Bertz CT molecular complexity index is 1220. The SMILES string of the molecule is COc1ccc(C(Cc2ccccc2)C(c2ccccc2O)(C(O)CN)S(N)(=O)=O)cc1OC. The number of phenolic OH excluding ortho intramolecular Hbond substituents is 1. The van der Waals surface area contributed by atoms with Crippen molar-refractivity contribution in [2.45, 2.75) is 23.2 Å². The number of aliphatic hydroxyl groups excluding tert-OH is 1. The lowest BCUT2D eigenvalue weighted by Crippen LogP contribution is -2.56. The molecule has 9 heteroatoms. The van der Waals surface area contributed by atoms with Crippen molar-refractivity contribution in [2.75, 3.05) is 20.8 Å². The molecule has 3 unspecified atom stereocenters. The summed E-state index contributed by atoms with van der Waals surface area (Å²) in [4.78, 5) is 0. The largest absolute Gasteiger partial charge is 0.508 e. The topological polar surface area (TPSA) is 145 Å². The first-order valence-electron chi connectivity index (χ1n) is 10.7. The van der Waals surface area contributed by atoms with Crippen molar-refractivity contribution in [1.82, 2.24) is 0 Å². The van der Waals surface area contributed by atoms with Gasteiger partial charge in [0.05, 0.1) is 20.3 Å². The quantitative estimate of drug-likeness (QED) is 0.344. The van der Waals surface area contributed by atoms with Crippen molar-refractivity contribution in [2.24, 2.45) is 10.9 Å². The molecule has 34 heavy (non-hydrogen) atoms. The molecule has 0 spiro atoms. The maximum absolute atomic E-state index is 13.5. The predicted octanol–water partition coefficient (Wildman–Crippen LogP) is 2.24. The average molecular weight is 487 g/mol. The lowest BCUT2D eigenvalue weighted by molar-refractivity contribution is 0.112. The summed E-state index contributed by atoms with van der Waals surface area (Å²) < 4.78 is 35.6. The first-order chi connectivity index (χ1) is 16.2. The number of nitrogens with two attached hydrogens (primary N) is 2. The Morgan fingerprint density at radius 1 is 0.941 bits per heavy atom. The van der Waals surface area contributed by atoms with Crippen LogP contribution in [0, 0.1) is 0 Å². The second-order valence-corrected chi connectivity index (χ2v) is 9.73. The second kappa shape index (κ2) is 10.4. The van der Waals surface area contributed by atoms with E-state index in [0.29, 0.717) is 17.1 Å². The fourth-order valence-electron chi connectivity index (χ4n) is 4.56. The second-order valence-electron chi connectivity index (χ2n) is 7.96. The van der Waals surface area contributed by atoms with Gasteiger partial charge in [0.25, 0.3) is 0 Å². The third-order valence-corrected chi connectivity index (χ3v) is 7.84. The molecule has 0 aliphatic carbocycles. The van der Waals surface area contributed by atoms with E-state index >= 15 is 0 Å². The lowest BCUT2D eigenvalue weighted by atomic mass is 9.73. The number of methoxy groups -OCH3 is 2. The first-order valence-corrected chi connectivity index (χ1v) is 12.2. The number of sulfonamides is 1. The van der Waals surface area contributed by atoms with E-state index in [9.17, 15) is 18.6 Å². The molecule has 3 aromatic carbocycles. The minimum absolute atomic E-state index is 0.0360. The zero-order valence-corrected chi connectivity index (χ0v) is 19.9. The van der Waals surface area contributed by atoms with Gasteiger partial charge in [-0.25, -0.2) is 13.6 Å². The van der Waals surface area contributed by atoms with Crippen LogP contribution in [0.15, 0.2) is 72.8 Å². The van der Waals surface area contributed by atoms with Crippen LogP contribution in [0.4, 0.5) is 0 Å². The molecule has 0 fully saturated rings. The van der Waals surface area contributed by atoms with E-state index in [0.717, 1.165) is 5.56 Å². The van der Waals surface area contributed by atoms with E-state index in [-0.39, 0.29) is 17.7 Å². The zero-order valence-electron chi connectivity index (χ0n) is 19.1. The molecular formula is C25H30N2O6S. The molecule has 0 radical (unpaired) electrons. The van der Waals surface area contributed by atoms with Crippen LogP contribution >= 0.6 is 0 Å². The summed E-state index contributed by atoms with van der Waals surface area (Å²) in [6.45, 7) is -0.413. The highest BCUT2D eigenvalue weighted by atomic mass is 32.2. The van der Waals surface area contributed by atoms with Gasteiger partial charge in [-0.05, 0) is 35.7 Å². The van der Waals surface area contributed by atoms with Crippen molar-refractivity contribution in [3.8, 4) is 17.2 Å². The highest BCUT2D eigenvalue weighted by Gasteiger charge is 2.56. The smallest absolute Gasteiger partial charge is 0.222 e. The van der Waals surface area contributed by atoms with Gasteiger partial charge in [-0.1, -0.05) is 54.6 Å². The molecule has 182 valence electrons. The number of ether oxygens (including phenoxy) is 2. The maximum Gasteiger partial charge on any atom is 0.222 e. The van der Waals surface area contributed by atoms with E-state index in [1.807, 2.05) is 30.3 Å². The van der Waals surface area contributed by atoms with Crippen molar-refractivity contribution < 1.29 is 28.1 Å². The number of para-hydroxylation sites is 1. The Hall–Kier alpha value is -3.11. The van der Waals surface area contributed by atoms with E-state index in [1.165, 1.54) is 26.4 Å². The van der Waals surface area contributed by atoms with Crippen LogP contribution in [0.5, 0.6) is 17.2 Å². The molecule has 0 aromatic heterocycles. The summed E-state index contributed by atoms with van der Waals surface area (Å²) in [5.41, 5.74) is 7.13. The molecule has 0 aliphatic rings. The van der Waals surface area contributed by atoms with Crippen molar-refractivity contribution in [1.29, 1.82) is 0 Å². The number of hydrogen-bond acceptors (Lipinski definition) is 7. The number of benzene rings is 3. The molecule has 6 N–H and O–H groups in total. The Kier molecular flexibility index (Phi) is 7.83. The van der Waals surface area contributed by atoms with Crippen LogP contribution in [0.3, 0.4) is 0 Å². The van der Waals surface area contributed by atoms with Crippen molar-refractivity contribution in [3.05, 3.63) is 89.5 Å². The van der Waals surface area contributed by atoms with Crippen LogP contribution in [-0.4, -0.2) is 45.5 Å². The van der Waals surface area contributed by atoms with Crippen LogP contribution in [0.2, 0.25) is 0 Å². The highest BCUT2D eigenvalue weighted by molar-refractivity contribution is 7.90.